The van der Waals surface area contributed by atoms with Gasteiger partial charge in [0.2, 0.25) is 0 Å². The van der Waals surface area contributed by atoms with Crippen molar-refractivity contribution in [1.29, 1.82) is 0 Å². The number of rotatable bonds is 3. The summed E-state index contributed by atoms with van der Waals surface area (Å²) in [6.07, 6.45) is 4.83. The molecule has 1 aromatic carbocycles. The third kappa shape index (κ3) is 2.53. The largest absolute Gasteiger partial charge is 0.382 e. The minimum Gasteiger partial charge on any atom is -0.382 e. The lowest BCUT2D eigenvalue weighted by molar-refractivity contribution is 0.102. The summed E-state index contributed by atoms with van der Waals surface area (Å²) in [5, 5.41) is 8.17. The molecule has 0 saturated carbocycles. The van der Waals surface area contributed by atoms with E-state index in [9.17, 15) is 4.79 Å². The van der Waals surface area contributed by atoms with Crippen molar-refractivity contribution in [3.8, 4) is 0 Å². The fourth-order valence-electron chi connectivity index (χ4n) is 2.02. The Bertz CT molecular complexity index is 810. The Hall–Kier alpha value is -2.96. The Morgan fingerprint density at radius 3 is 2.90 bits per heavy atom. The number of carbonyl (C=O) groups is 1. The van der Waals surface area contributed by atoms with Gasteiger partial charge in [0.1, 0.15) is 0 Å². The van der Waals surface area contributed by atoms with Crippen molar-refractivity contribution >= 4 is 28.3 Å². The average Bonchev–Trinajstić information content (AvgIpc) is 2.90. The van der Waals surface area contributed by atoms with E-state index >= 15 is 0 Å². The fraction of sp³-hybridized carbons (Fsp3) is 0.143. The SMILES string of the molecule is CCn1cc2ccc(NC(=O)c3nccnc3N)cc2n1. The maximum atomic E-state index is 12.1. The first kappa shape index (κ1) is 13.0. The van der Waals surface area contributed by atoms with Gasteiger partial charge in [-0.25, -0.2) is 9.97 Å². The van der Waals surface area contributed by atoms with E-state index in [0.717, 1.165) is 17.4 Å². The summed E-state index contributed by atoms with van der Waals surface area (Å²) >= 11 is 0. The van der Waals surface area contributed by atoms with Crippen LogP contribution in [0.5, 0.6) is 0 Å². The summed E-state index contributed by atoms with van der Waals surface area (Å²) < 4.78 is 1.84. The number of nitrogen functional groups attached to an aromatic ring is 1. The number of nitrogens with zero attached hydrogens (tertiary/aromatic N) is 4. The van der Waals surface area contributed by atoms with E-state index in [-0.39, 0.29) is 11.5 Å². The van der Waals surface area contributed by atoms with E-state index in [0.29, 0.717) is 5.69 Å². The predicted molar refractivity (Wildman–Crippen MR) is 79.8 cm³/mol. The quantitative estimate of drug-likeness (QED) is 0.761. The van der Waals surface area contributed by atoms with Gasteiger partial charge >= 0.3 is 0 Å². The molecule has 3 aromatic rings. The molecule has 0 radical (unpaired) electrons. The molecule has 7 heteroatoms. The van der Waals surface area contributed by atoms with E-state index in [1.165, 1.54) is 12.4 Å². The minimum absolute atomic E-state index is 0.103. The van der Waals surface area contributed by atoms with Gasteiger partial charge < -0.3 is 11.1 Å². The molecule has 0 bridgehead atoms. The molecule has 0 unspecified atom stereocenters. The molecule has 0 fully saturated rings. The minimum atomic E-state index is -0.394. The van der Waals surface area contributed by atoms with E-state index < -0.39 is 5.91 Å². The maximum absolute atomic E-state index is 12.1. The molecule has 21 heavy (non-hydrogen) atoms. The summed E-state index contributed by atoms with van der Waals surface area (Å²) in [4.78, 5) is 19.9. The van der Waals surface area contributed by atoms with E-state index in [2.05, 4.69) is 20.4 Å². The number of nitrogens with one attached hydrogen (secondary N) is 1. The van der Waals surface area contributed by atoms with Gasteiger partial charge in [-0.2, -0.15) is 5.10 Å². The van der Waals surface area contributed by atoms with Crippen LogP contribution in [-0.2, 0) is 6.54 Å². The van der Waals surface area contributed by atoms with Gasteiger partial charge in [-0.15, -0.1) is 0 Å². The van der Waals surface area contributed by atoms with Crippen LogP contribution >= 0.6 is 0 Å². The van der Waals surface area contributed by atoms with Gasteiger partial charge in [0, 0.05) is 36.2 Å². The highest BCUT2D eigenvalue weighted by molar-refractivity contribution is 6.06. The molecule has 0 aliphatic carbocycles. The number of benzene rings is 1. The van der Waals surface area contributed by atoms with Crippen molar-refractivity contribution in [3.63, 3.8) is 0 Å². The third-order valence-electron chi connectivity index (χ3n) is 3.08. The van der Waals surface area contributed by atoms with E-state index in [1.54, 1.807) is 0 Å². The fourth-order valence-corrected chi connectivity index (χ4v) is 2.02. The van der Waals surface area contributed by atoms with Crippen LogP contribution in [0, 0.1) is 0 Å². The van der Waals surface area contributed by atoms with Gasteiger partial charge in [-0.1, -0.05) is 0 Å². The van der Waals surface area contributed by atoms with Crippen LogP contribution in [0.2, 0.25) is 0 Å². The van der Waals surface area contributed by atoms with Crippen LogP contribution in [0.4, 0.5) is 11.5 Å². The first-order chi connectivity index (χ1) is 10.2. The Morgan fingerprint density at radius 2 is 2.14 bits per heavy atom. The molecule has 3 rings (SSSR count). The van der Waals surface area contributed by atoms with Crippen LogP contribution in [0.15, 0.2) is 36.8 Å². The number of aryl methyl sites for hydroxylation is 1. The number of nitrogens with two attached hydrogens (primary N) is 1. The summed E-state index contributed by atoms with van der Waals surface area (Å²) in [5.74, 6) is -0.291. The number of anilines is 2. The molecular weight excluding hydrogens is 268 g/mol. The van der Waals surface area contributed by atoms with Crippen molar-refractivity contribution in [3.05, 3.63) is 42.5 Å². The van der Waals surface area contributed by atoms with Crippen molar-refractivity contribution < 1.29 is 4.79 Å². The zero-order valence-electron chi connectivity index (χ0n) is 11.4. The molecule has 2 aromatic heterocycles. The molecule has 3 N–H and O–H groups in total. The maximum Gasteiger partial charge on any atom is 0.278 e. The van der Waals surface area contributed by atoms with Crippen LogP contribution in [-0.4, -0.2) is 25.7 Å². The Balaban J connectivity index is 1.87. The number of carbonyl (C=O) groups excluding carboxylic acids is 1. The highest BCUT2D eigenvalue weighted by Crippen LogP contribution is 2.18. The van der Waals surface area contributed by atoms with Crippen molar-refractivity contribution in [2.45, 2.75) is 13.5 Å². The van der Waals surface area contributed by atoms with Gasteiger partial charge in [0.25, 0.3) is 5.91 Å². The van der Waals surface area contributed by atoms with Crippen molar-refractivity contribution in [2.24, 2.45) is 0 Å². The van der Waals surface area contributed by atoms with Gasteiger partial charge in [-0.3, -0.25) is 9.48 Å². The molecule has 0 saturated heterocycles. The molecule has 0 aliphatic heterocycles. The van der Waals surface area contributed by atoms with Gasteiger partial charge in [-0.05, 0) is 25.1 Å². The smallest absolute Gasteiger partial charge is 0.278 e. The molecule has 1 amide bonds. The van der Waals surface area contributed by atoms with Crippen LogP contribution < -0.4 is 11.1 Å². The average molecular weight is 282 g/mol. The number of hydrogen-bond donors (Lipinski definition) is 2. The van der Waals surface area contributed by atoms with Crippen LogP contribution in [0.1, 0.15) is 17.4 Å². The van der Waals surface area contributed by atoms with Crippen molar-refractivity contribution in [1.82, 2.24) is 19.7 Å². The molecule has 0 aliphatic rings. The van der Waals surface area contributed by atoms with E-state index in [4.69, 9.17) is 5.73 Å². The second-order valence-electron chi connectivity index (χ2n) is 4.50. The Morgan fingerprint density at radius 1 is 1.33 bits per heavy atom. The Kier molecular flexibility index (Phi) is 3.23. The topological polar surface area (TPSA) is 98.7 Å². The molecule has 0 spiro atoms. The number of hydrogen-bond acceptors (Lipinski definition) is 5. The molecule has 0 atom stereocenters. The number of aromatic nitrogens is 4. The zero-order valence-corrected chi connectivity index (χ0v) is 11.4. The predicted octanol–water partition coefficient (Wildman–Crippen LogP) is 1.68. The highest BCUT2D eigenvalue weighted by atomic mass is 16.1. The second-order valence-corrected chi connectivity index (χ2v) is 4.50. The first-order valence-corrected chi connectivity index (χ1v) is 6.52. The zero-order chi connectivity index (χ0) is 14.8. The lowest BCUT2D eigenvalue weighted by Crippen LogP contribution is -2.16. The van der Waals surface area contributed by atoms with Gasteiger partial charge in [0.15, 0.2) is 11.5 Å². The summed E-state index contributed by atoms with van der Waals surface area (Å²) in [6.45, 7) is 2.82. The monoisotopic (exact) mass is 282 g/mol. The number of amides is 1. The molecule has 7 nitrogen and oxygen atoms in total. The summed E-state index contributed by atoms with van der Waals surface area (Å²) in [5.41, 5.74) is 7.20. The second kappa shape index (κ2) is 5.20. The van der Waals surface area contributed by atoms with Crippen LogP contribution in [0.25, 0.3) is 10.9 Å². The lowest BCUT2D eigenvalue weighted by Gasteiger charge is -2.05. The molecular formula is C14H14N6O. The standard InChI is InChI=1S/C14H14N6O/c1-2-20-8-9-3-4-10(7-11(9)19-20)18-14(21)12-13(15)17-6-5-16-12/h3-8H,2H2,1H3,(H2,15,17)(H,18,21). The lowest BCUT2D eigenvalue weighted by atomic mass is 10.2. The van der Waals surface area contributed by atoms with E-state index in [1.807, 2.05) is 36.0 Å². The van der Waals surface area contributed by atoms with Crippen molar-refractivity contribution in [2.75, 3.05) is 11.1 Å². The number of fused-ring (bicyclic) bond motifs is 1. The molecule has 106 valence electrons. The third-order valence-corrected chi connectivity index (χ3v) is 3.08. The van der Waals surface area contributed by atoms with Crippen LogP contribution in [0.3, 0.4) is 0 Å². The first-order valence-electron chi connectivity index (χ1n) is 6.52. The normalized spacial score (nSPS) is 10.7. The summed E-state index contributed by atoms with van der Waals surface area (Å²) in [7, 11) is 0. The summed E-state index contributed by atoms with van der Waals surface area (Å²) in [6, 6.07) is 5.53. The van der Waals surface area contributed by atoms with Gasteiger partial charge in [0.05, 0.1) is 5.52 Å². The highest BCUT2D eigenvalue weighted by Gasteiger charge is 2.12. The Labute approximate surface area is 120 Å². The molecule has 2 heterocycles.